The summed E-state index contributed by atoms with van der Waals surface area (Å²) >= 11 is 3.16. The molecule has 0 aliphatic carbocycles. The van der Waals surface area contributed by atoms with E-state index in [0.29, 0.717) is 17.4 Å². The molecule has 4 heteroatoms. The summed E-state index contributed by atoms with van der Waals surface area (Å²) in [6.45, 7) is 1.60. The van der Waals surface area contributed by atoms with Crippen molar-refractivity contribution in [1.29, 1.82) is 0 Å². The third kappa shape index (κ3) is 2.62. The molecule has 1 heterocycles. The Hall–Kier alpha value is -0.450. The number of hydrogen-bond acceptors (Lipinski definition) is 2. The van der Waals surface area contributed by atoms with Gasteiger partial charge in [-0.15, -0.1) is 0 Å². The molecule has 1 aromatic rings. The van der Waals surface area contributed by atoms with Crippen molar-refractivity contribution >= 4 is 15.9 Å². The van der Waals surface area contributed by atoms with Crippen LogP contribution in [0.25, 0.3) is 0 Å². The van der Waals surface area contributed by atoms with E-state index in [4.69, 9.17) is 0 Å². The van der Waals surface area contributed by atoms with E-state index in [9.17, 15) is 9.50 Å². The van der Waals surface area contributed by atoms with Crippen LogP contribution in [-0.4, -0.2) is 35.7 Å². The van der Waals surface area contributed by atoms with Crippen LogP contribution in [-0.2, 0) is 6.42 Å². The van der Waals surface area contributed by atoms with Gasteiger partial charge in [-0.05, 0) is 47.1 Å². The molecule has 0 radical (unpaired) electrons. The summed E-state index contributed by atoms with van der Waals surface area (Å²) in [5.74, 6) is -0.265. The zero-order valence-electron chi connectivity index (χ0n) is 9.21. The summed E-state index contributed by atoms with van der Waals surface area (Å²) in [7, 11) is 2.00. The van der Waals surface area contributed by atoms with Crippen LogP contribution in [0.4, 0.5) is 4.39 Å². The molecule has 0 aromatic heterocycles. The molecule has 16 heavy (non-hydrogen) atoms. The Bertz CT molecular complexity index is 399. The lowest BCUT2D eigenvalue weighted by molar-refractivity contribution is 0.0523. The minimum absolute atomic E-state index is 0.265. The first-order chi connectivity index (χ1) is 7.48. The monoisotopic (exact) mass is 287 g/mol. The predicted molar refractivity (Wildman–Crippen MR) is 64.9 cm³/mol. The number of rotatable bonds is 2. The average molecular weight is 288 g/mol. The molecule has 1 aromatic carbocycles. The van der Waals surface area contributed by atoms with Gasteiger partial charge in [0.15, 0.2) is 0 Å². The number of β-amino-alcohol motifs (C(OH)–C–C–N with tert-alkyl or cyclic N) is 1. The molecular weight excluding hydrogens is 273 g/mol. The third-order valence-electron chi connectivity index (χ3n) is 3.04. The normalized spacial score (nSPS) is 26.2. The van der Waals surface area contributed by atoms with E-state index in [0.717, 1.165) is 18.5 Å². The fourth-order valence-electron chi connectivity index (χ4n) is 2.23. The summed E-state index contributed by atoms with van der Waals surface area (Å²) in [6.07, 6.45) is 1.36. The molecule has 88 valence electrons. The molecule has 0 saturated carbocycles. The Morgan fingerprint density at radius 2 is 2.31 bits per heavy atom. The van der Waals surface area contributed by atoms with Crippen LogP contribution >= 0.6 is 15.9 Å². The van der Waals surface area contributed by atoms with Gasteiger partial charge in [-0.25, -0.2) is 4.39 Å². The maximum Gasteiger partial charge on any atom is 0.137 e. The Balaban J connectivity index is 2.12. The second-order valence-corrected chi connectivity index (χ2v) is 5.49. The van der Waals surface area contributed by atoms with E-state index in [1.165, 1.54) is 6.07 Å². The van der Waals surface area contributed by atoms with Crippen LogP contribution in [0.5, 0.6) is 0 Å². The standard InChI is InChI=1S/C12H15BrFNO/c1-15-5-4-12(16,8-15)7-9-2-3-11(14)10(13)6-9/h2-3,6,16H,4-5,7-8H2,1H3. The maximum atomic E-state index is 13.1. The van der Waals surface area contributed by atoms with Crippen molar-refractivity contribution in [3.63, 3.8) is 0 Å². The number of likely N-dealkylation sites (tertiary alicyclic amines) is 1. The fraction of sp³-hybridized carbons (Fsp3) is 0.500. The van der Waals surface area contributed by atoms with Crippen molar-refractivity contribution in [2.24, 2.45) is 0 Å². The van der Waals surface area contributed by atoms with Crippen LogP contribution in [0, 0.1) is 5.82 Å². The van der Waals surface area contributed by atoms with Crippen molar-refractivity contribution in [1.82, 2.24) is 4.90 Å². The summed E-state index contributed by atoms with van der Waals surface area (Å²) in [4.78, 5) is 2.11. The number of aliphatic hydroxyl groups is 1. The third-order valence-corrected chi connectivity index (χ3v) is 3.65. The Labute approximate surface area is 103 Å². The van der Waals surface area contributed by atoms with Crippen molar-refractivity contribution in [2.45, 2.75) is 18.4 Å². The predicted octanol–water partition coefficient (Wildman–Crippen LogP) is 2.20. The molecule has 0 bridgehead atoms. The highest BCUT2D eigenvalue weighted by atomic mass is 79.9. The minimum atomic E-state index is -0.661. The lowest BCUT2D eigenvalue weighted by Gasteiger charge is -2.22. The average Bonchev–Trinajstić information content (AvgIpc) is 2.52. The summed E-state index contributed by atoms with van der Waals surface area (Å²) in [6, 6.07) is 4.91. The summed E-state index contributed by atoms with van der Waals surface area (Å²) in [5, 5.41) is 10.3. The van der Waals surface area contributed by atoms with Crippen LogP contribution in [0.1, 0.15) is 12.0 Å². The van der Waals surface area contributed by atoms with Gasteiger partial charge >= 0.3 is 0 Å². The molecule has 1 atom stereocenters. The molecule has 1 N–H and O–H groups in total. The highest BCUT2D eigenvalue weighted by Crippen LogP contribution is 2.26. The molecule has 2 rings (SSSR count). The van der Waals surface area contributed by atoms with Crippen molar-refractivity contribution in [2.75, 3.05) is 20.1 Å². The second kappa shape index (κ2) is 4.43. The smallest absolute Gasteiger partial charge is 0.137 e. The molecule has 0 amide bonds. The molecular formula is C12H15BrFNO. The zero-order chi connectivity index (χ0) is 11.8. The zero-order valence-corrected chi connectivity index (χ0v) is 10.8. The molecule has 1 unspecified atom stereocenters. The molecule has 1 saturated heterocycles. The highest BCUT2D eigenvalue weighted by Gasteiger charge is 2.34. The van der Waals surface area contributed by atoms with Gasteiger partial charge in [0, 0.05) is 19.5 Å². The van der Waals surface area contributed by atoms with Gasteiger partial charge in [-0.3, -0.25) is 0 Å². The van der Waals surface area contributed by atoms with Crippen molar-refractivity contribution < 1.29 is 9.50 Å². The van der Waals surface area contributed by atoms with Gasteiger partial charge in [0.2, 0.25) is 0 Å². The Kier molecular flexibility index (Phi) is 3.33. The number of benzene rings is 1. The van der Waals surface area contributed by atoms with Gasteiger partial charge in [-0.2, -0.15) is 0 Å². The van der Waals surface area contributed by atoms with E-state index < -0.39 is 5.60 Å². The van der Waals surface area contributed by atoms with Gasteiger partial charge < -0.3 is 10.0 Å². The molecule has 1 aliphatic rings. The first-order valence-electron chi connectivity index (χ1n) is 5.33. The Morgan fingerprint density at radius 3 is 2.88 bits per heavy atom. The van der Waals surface area contributed by atoms with Crippen LogP contribution in [0.3, 0.4) is 0 Å². The topological polar surface area (TPSA) is 23.5 Å². The van der Waals surface area contributed by atoms with Gasteiger partial charge in [0.25, 0.3) is 0 Å². The molecule has 2 nitrogen and oxygen atoms in total. The molecule has 1 fully saturated rings. The van der Waals surface area contributed by atoms with Gasteiger partial charge in [-0.1, -0.05) is 6.07 Å². The van der Waals surface area contributed by atoms with E-state index in [2.05, 4.69) is 20.8 Å². The first kappa shape index (κ1) is 12.0. The number of halogens is 2. The van der Waals surface area contributed by atoms with Gasteiger partial charge in [0.1, 0.15) is 5.82 Å². The fourth-order valence-corrected chi connectivity index (χ4v) is 2.66. The molecule has 0 spiro atoms. The van der Waals surface area contributed by atoms with Crippen molar-refractivity contribution in [3.05, 3.63) is 34.1 Å². The van der Waals surface area contributed by atoms with Crippen molar-refractivity contribution in [3.8, 4) is 0 Å². The van der Waals surface area contributed by atoms with Gasteiger partial charge in [0.05, 0.1) is 10.1 Å². The van der Waals surface area contributed by atoms with E-state index in [1.807, 2.05) is 7.05 Å². The van der Waals surface area contributed by atoms with E-state index in [-0.39, 0.29) is 5.82 Å². The minimum Gasteiger partial charge on any atom is -0.388 e. The van der Waals surface area contributed by atoms with E-state index >= 15 is 0 Å². The van der Waals surface area contributed by atoms with Crippen LogP contribution < -0.4 is 0 Å². The van der Waals surface area contributed by atoms with Crippen LogP contribution in [0.15, 0.2) is 22.7 Å². The first-order valence-corrected chi connectivity index (χ1v) is 6.13. The SMILES string of the molecule is CN1CCC(O)(Cc2ccc(F)c(Br)c2)C1. The number of nitrogens with zero attached hydrogens (tertiary/aromatic N) is 1. The van der Waals surface area contributed by atoms with E-state index in [1.54, 1.807) is 12.1 Å². The summed E-state index contributed by atoms with van der Waals surface area (Å²) in [5.41, 5.74) is 0.303. The lowest BCUT2D eigenvalue weighted by atomic mass is 9.94. The quantitative estimate of drug-likeness (QED) is 0.902. The largest absolute Gasteiger partial charge is 0.388 e. The Morgan fingerprint density at radius 1 is 1.56 bits per heavy atom. The lowest BCUT2D eigenvalue weighted by Crippen LogP contribution is -2.34. The highest BCUT2D eigenvalue weighted by molar-refractivity contribution is 9.10. The second-order valence-electron chi connectivity index (χ2n) is 4.64. The maximum absolute atomic E-state index is 13.1. The summed E-state index contributed by atoms with van der Waals surface area (Å²) < 4.78 is 13.5. The number of likely N-dealkylation sites (N-methyl/N-ethyl adjacent to an activating group) is 1. The van der Waals surface area contributed by atoms with Crippen LogP contribution in [0.2, 0.25) is 0 Å². The number of hydrogen-bond donors (Lipinski definition) is 1. The molecule has 1 aliphatic heterocycles.